The quantitative estimate of drug-likeness (QED) is 0.449. The van der Waals surface area contributed by atoms with Crippen LogP contribution in [0, 0.1) is 5.92 Å². The van der Waals surface area contributed by atoms with Crippen LogP contribution in [0.3, 0.4) is 0 Å². The first-order chi connectivity index (χ1) is 14.0. The van der Waals surface area contributed by atoms with Gasteiger partial charge in [0.05, 0.1) is 28.2 Å². The fourth-order valence-electron chi connectivity index (χ4n) is 3.04. The van der Waals surface area contributed by atoms with Crippen LogP contribution in [0.25, 0.3) is 0 Å². The molecule has 11 heteroatoms. The van der Waals surface area contributed by atoms with Crippen LogP contribution in [0.5, 0.6) is 17.2 Å². The number of halogens is 2. The molecule has 2 aliphatic rings. The van der Waals surface area contributed by atoms with E-state index in [1.54, 1.807) is 24.7 Å². The molecule has 0 saturated heterocycles. The van der Waals surface area contributed by atoms with Gasteiger partial charge in [-0.15, -0.1) is 0 Å². The zero-order chi connectivity index (χ0) is 20.5. The van der Waals surface area contributed by atoms with Gasteiger partial charge in [0.1, 0.15) is 0 Å². The van der Waals surface area contributed by atoms with E-state index < -0.39 is 12.0 Å². The molecular weight excluding hydrogens is 530 g/mol. The zero-order valence-electron chi connectivity index (χ0n) is 15.3. The lowest BCUT2D eigenvalue weighted by Crippen LogP contribution is -2.31. The van der Waals surface area contributed by atoms with Crippen LogP contribution >= 0.6 is 43.2 Å². The highest BCUT2D eigenvalue weighted by Crippen LogP contribution is 2.55. The zero-order valence-corrected chi connectivity index (χ0v) is 19.3. The number of ether oxygens (including phenoxy) is 3. The van der Waals surface area contributed by atoms with E-state index in [0.29, 0.717) is 31.8 Å². The Morgan fingerprint density at radius 2 is 2.17 bits per heavy atom. The van der Waals surface area contributed by atoms with Gasteiger partial charge in [-0.2, -0.15) is 16.4 Å². The largest absolute Gasteiger partial charge is 0.492 e. The van der Waals surface area contributed by atoms with Gasteiger partial charge in [0, 0.05) is 11.1 Å². The van der Waals surface area contributed by atoms with Gasteiger partial charge in [-0.05, 0) is 48.7 Å². The normalized spacial score (nSPS) is 19.9. The minimum absolute atomic E-state index is 0.0908. The lowest BCUT2D eigenvalue weighted by molar-refractivity contribution is -0.115. The molecule has 0 bridgehead atoms. The minimum Gasteiger partial charge on any atom is -0.492 e. The summed E-state index contributed by atoms with van der Waals surface area (Å²) >= 11 is 8.67. The van der Waals surface area contributed by atoms with Gasteiger partial charge in [-0.3, -0.25) is 4.79 Å². The maximum Gasteiger partial charge on any atom is 0.289 e. The SMILES string of the molecule is COc1c(Br)c([C@@H]2ON=C(C(=O)N/N=C\c3ccsc3)[C@H]2C)c(Br)c2c1OCO2. The fourth-order valence-corrected chi connectivity index (χ4v) is 5.40. The van der Waals surface area contributed by atoms with E-state index in [0.717, 1.165) is 5.56 Å². The van der Waals surface area contributed by atoms with Gasteiger partial charge >= 0.3 is 0 Å². The summed E-state index contributed by atoms with van der Waals surface area (Å²) in [4.78, 5) is 18.1. The second kappa shape index (κ2) is 8.33. The van der Waals surface area contributed by atoms with Crippen molar-refractivity contribution in [3.8, 4) is 17.2 Å². The molecule has 0 spiro atoms. The second-order valence-electron chi connectivity index (χ2n) is 6.19. The Hall–Kier alpha value is -2.11. The van der Waals surface area contributed by atoms with Gasteiger partial charge in [-0.1, -0.05) is 12.1 Å². The number of hydrogen-bond donors (Lipinski definition) is 1. The van der Waals surface area contributed by atoms with E-state index in [-0.39, 0.29) is 18.4 Å². The predicted molar refractivity (Wildman–Crippen MR) is 115 cm³/mol. The molecule has 2 aliphatic heterocycles. The van der Waals surface area contributed by atoms with E-state index in [4.69, 9.17) is 19.0 Å². The van der Waals surface area contributed by atoms with Gasteiger partial charge in [-0.25, -0.2) is 5.43 Å². The van der Waals surface area contributed by atoms with Gasteiger partial charge in [0.15, 0.2) is 23.3 Å². The number of fused-ring (bicyclic) bond motifs is 1. The number of amides is 1. The van der Waals surface area contributed by atoms with Crippen LogP contribution in [0.1, 0.15) is 24.2 Å². The number of rotatable bonds is 5. The first-order valence-corrected chi connectivity index (χ1v) is 11.0. The fraction of sp³-hybridized carbons (Fsp3) is 0.278. The summed E-state index contributed by atoms with van der Waals surface area (Å²) < 4.78 is 17.8. The third-order valence-corrected chi connectivity index (χ3v) is 6.76. The van der Waals surface area contributed by atoms with Crippen LogP contribution in [0.4, 0.5) is 0 Å². The average molecular weight is 545 g/mol. The number of carbonyl (C=O) groups is 1. The first kappa shape index (κ1) is 20.2. The Balaban J connectivity index is 1.56. The molecule has 3 heterocycles. The van der Waals surface area contributed by atoms with Crippen LogP contribution in [-0.2, 0) is 9.63 Å². The molecule has 2 aromatic rings. The molecule has 1 N–H and O–H groups in total. The summed E-state index contributed by atoms with van der Waals surface area (Å²) in [6, 6.07) is 1.90. The van der Waals surface area contributed by atoms with Gasteiger partial charge in [0.25, 0.3) is 5.91 Å². The van der Waals surface area contributed by atoms with Crippen LogP contribution < -0.4 is 19.6 Å². The number of hydrogen-bond acceptors (Lipinski definition) is 8. The summed E-state index contributed by atoms with van der Waals surface area (Å²) in [5.74, 6) is 0.747. The number of carbonyl (C=O) groups excluding carboxylic acids is 1. The minimum atomic E-state index is -0.538. The molecule has 0 saturated carbocycles. The number of oxime groups is 1. The maximum atomic E-state index is 12.5. The van der Waals surface area contributed by atoms with Crippen LogP contribution in [0.15, 0.2) is 36.0 Å². The van der Waals surface area contributed by atoms with E-state index in [2.05, 4.69) is 47.5 Å². The van der Waals surface area contributed by atoms with Crippen molar-refractivity contribution in [2.24, 2.45) is 16.2 Å². The molecule has 1 aromatic heterocycles. The first-order valence-electron chi connectivity index (χ1n) is 8.46. The van der Waals surface area contributed by atoms with Crippen molar-refractivity contribution in [1.29, 1.82) is 0 Å². The summed E-state index contributed by atoms with van der Waals surface area (Å²) in [5.41, 5.74) is 4.36. The number of benzene rings is 1. The number of nitrogens with one attached hydrogen (secondary N) is 1. The third-order valence-electron chi connectivity index (χ3n) is 4.48. The summed E-state index contributed by atoms with van der Waals surface area (Å²) in [7, 11) is 1.54. The Morgan fingerprint density at radius 3 is 2.90 bits per heavy atom. The highest BCUT2D eigenvalue weighted by Gasteiger charge is 2.41. The summed E-state index contributed by atoms with van der Waals surface area (Å²) in [6.07, 6.45) is 1.03. The van der Waals surface area contributed by atoms with Crippen molar-refractivity contribution in [2.75, 3.05) is 13.9 Å². The Bertz CT molecular complexity index is 1010. The molecule has 0 unspecified atom stereocenters. The number of thiophene rings is 1. The molecule has 29 heavy (non-hydrogen) atoms. The van der Waals surface area contributed by atoms with Crippen molar-refractivity contribution in [3.05, 3.63) is 36.9 Å². The van der Waals surface area contributed by atoms with Crippen LogP contribution in [0.2, 0.25) is 0 Å². The molecular formula is C18H15Br2N3O5S. The van der Waals surface area contributed by atoms with E-state index in [1.807, 2.05) is 23.8 Å². The van der Waals surface area contributed by atoms with Crippen LogP contribution in [-0.4, -0.2) is 31.7 Å². The Kier molecular flexibility index (Phi) is 5.79. The molecule has 1 amide bonds. The lowest BCUT2D eigenvalue weighted by Gasteiger charge is -2.20. The van der Waals surface area contributed by atoms with E-state index in [1.165, 1.54) is 0 Å². The number of nitrogens with zero attached hydrogens (tertiary/aromatic N) is 2. The maximum absolute atomic E-state index is 12.5. The summed E-state index contributed by atoms with van der Waals surface area (Å²) in [6.45, 7) is 1.95. The van der Waals surface area contributed by atoms with Gasteiger partial charge < -0.3 is 19.0 Å². The molecule has 2 atom stereocenters. The van der Waals surface area contributed by atoms with E-state index >= 15 is 0 Å². The monoisotopic (exact) mass is 543 g/mol. The predicted octanol–water partition coefficient (Wildman–Crippen LogP) is 4.22. The van der Waals surface area contributed by atoms with E-state index in [9.17, 15) is 4.79 Å². The number of methoxy groups -OCH3 is 1. The average Bonchev–Trinajstić information content (AvgIpc) is 3.44. The molecule has 4 rings (SSSR count). The smallest absolute Gasteiger partial charge is 0.289 e. The highest BCUT2D eigenvalue weighted by atomic mass is 79.9. The molecule has 152 valence electrons. The molecule has 8 nitrogen and oxygen atoms in total. The molecule has 0 aliphatic carbocycles. The van der Waals surface area contributed by atoms with Crippen molar-refractivity contribution in [2.45, 2.75) is 13.0 Å². The van der Waals surface area contributed by atoms with Crippen molar-refractivity contribution in [1.82, 2.24) is 5.43 Å². The van der Waals surface area contributed by atoms with Crippen molar-refractivity contribution in [3.63, 3.8) is 0 Å². The molecule has 1 aromatic carbocycles. The standard InChI is InChI=1S/C18H15Br2N3O5S/c1-8-13(18(24)22-21-5-9-3-4-29-6-9)23-28-14(8)10-11(19)15(25-2)17-16(12(10)20)26-7-27-17/h3-6,8,14H,7H2,1-2H3,(H,22,24)/b21-5-/t8-,14-/m1/s1. The lowest BCUT2D eigenvalue weighted by atomic mass is 9.93. The highest BCUT2D eigenvalue weighted by molar-refractivity contribution is 9.11. The molecule has 0 radical (unpaired) electrons. The Morgan fingerprint density at radius 1 is 1.38 bits per heavy atom. The topological polar surface area (TPSA) is 90.7 Å². The Labute approximate surface area is 187 Å². The third kappa shape index (κ3) is 3.62. The van der Waals surface area contributed by atoms with Crippen molar-refractivity contribution < 1.29 is 23.8 Å². The van der Waals surface area contributed by atoms with Gasteiger partial charge in [0.2, 0.25) is 12.5 Å². The summed E-state index contributed by atoms with van der Waals surface area (Å²) in [5, 5.41) is 11.8. The van der Waals surface area contributed by atoms with Crippen molar-refractivity contribution >= 4 is 61.0 Å². The number of hydrazone groups is 1. The molecule has 0 fully saturated rings. The second-order valence-corrected chi connectivity index (χ2v) is 8.55.